The van der Waals surface area contributed by atoms with Crippen molar-refractivity contribution < 1.29 is 34.4 Å². The van der Waals surface area contributed by atoms with E-state index < -0.39 is 36.4 Å². The minimum atomic E-state index is -2.63. The summed E-state index contributed by atoms with van der Waals surface area (Å²) < 4.78 is 4.86. The van der Waals surface area contributed by atoms with Gasteiger partial charge in [-0.05, 0) is 12.3 Å². The number of aliphatic carboxylic acids is 2. The monoisotopic (exact) mass is 332 g/mol. The highest BCUT2D eigenvalue weighted by Crippen LogP contribution is 2.17. The molecule has 0 aliphatic rings. The van der Waals surface area contributed by atoms with Crippen LogP contribution in [0.4, 0.5) is 0 Å². The Morgan fingerprint density at radius 2 is 1.52 bits per heavy atom. The van der Waals surface area contributed by atoms with Gasteiger partial charge in [0, 0.05) is 0 Å². The van der Waals surface area contributed by atoms with Gasteiger partial charge in [-0.25, -0.2) is 4.79 Å². The lowest BCUT2D eigenvalue weighted by Crippen LogP contribution is -2.43. The van der Waals surface area contributed by atoms with E-state index >= 15 is 0 Å². The fraction of sp³-hybridized carbons (Fsp3) is 0.812. The molecule has 0 heterocycles. The number of hydrogen-bond donors (Lipinski definition) is 3. The van der Waals surface area contributed by atoms with Gasteiger partial charge in [0.05, 0.1) is 19.4 Å². The Kier molecular flexibility index (Phi) is 10.2. The molecule has 0 aliphatic heterocycles. The van der Waals surface area contributed by atoms with Crippen molar-refractivity contribution in [2.24, 2.45) is 5.92 Å². The van der Waals surface area contributed by atoms with Gasteiger partial charge < -0.3 is 20.1 Å². The number of aliphatic hydroxyl groups is 1. The smallest absolute Gasteiger partial charge is 0.336 e. The van der Waals surface area contributed by atoms with Crippen LogP contribution in [0.2, 0.25) is 0 Å². The van der Waals surface area contributed by atoms with Crippen LogP contribution in [-0.2, 0) is 19.1 Å². The van der Waals surface area contributed by atoms with Gasteiger partial charge in [-0.2, -0.15) is 0 Å². The van der Waals surface area contributed by atoms with Crippen LogP contribution >= 0.6 is 0 Å². The summed E-state index contributed by atoms with van der Waals surface area (Å²) in [6.07, 6.45) is 4.20. The van der Waals surface area contributed by atoms with Crippen molar-refractivity contribution in [2.45, 2.75) is 70.8 Å². The Bertz CT molecular complexity index is 392. The van der Waals surface area contributed by atoms with Gasteiger partial charge >= 0.3 is 17.9 Å². The lowest BCUT2D eigenvalue weighted by Gasteiger charge is -2.20. The van der Waals surface area contributed by atoms with Crippen LogP contribution in [0, 0.1) is 5.92 Å². The third kappa shape index (κ3) is 10.7. The summed E-state index contributed by atoms with van der Waals surface area (Å²) in [5.74, 6) is -3.45. The number of hydrogen-bond acceptors (Lipinski definition) is 5. The van der Waals surface area contributed by atoms with Crippen molar-refractivity contribution in [1.82, 2.24) is 0 Å². The molecule has 0 rings (SSSR count). The molecule has 134 valence electrons. The minimum Gasteiger partial charge on any atom is -0.481 e. The third-order valence-electron chi connectivity index (χ3n) is 3.47. The van der Waals surface area contributed by atoms with Gasteiger partial charge in [-0.15, -0.1) is 0 Å². The molecule has 0 aromatic rings. The maximum Gasteiger partial charge on any atom is 0.336 e. The Balaban J connectivity index is 3.89. The second-order valence-electron chi connectivity index (χ2n) is 6.25. The maximum atomic E-state index is 11.5. The third-order valence-corrected chi connectivity index (χ3v) is 3.47. The second-order valence-corrected chi connectivity index (χ2v) is 6.25. The number of unbranched alkanes of at least 4 members (excludes halogenated alkanes) is 4. The first-order valence-corrected chi connectivity index (χ1v) is 8.00. The number of carboxylic acid groups (broad SMARTS) is 2. The van der Waals surface area contributed by atoms with Crippen LogP contribution in [-0.4, -0.2) is 45.4 Å². The molecule has 23 heavy (non-hydrogen) atoms. The zero-order valence-corrected chi connectivity index (χ0v) is 13.9. The molecular formula is C16H28O7. The number of esters is 1. The molecule has 0 aromatic heterocycles. The topological polar surface area (TPSA) is 121 Å². The van der Waals surface area contributed by atoms with Crippen LogP contribution in [0.25, 0.3) is 0 Å². The van der Waals surface area contributed by atoms with Gasteiger partial charge in [0.25, 0.3) is 0 Å². The molecule has 7 nitrogen and oxygen atoms in total. The van der Waals surface area contributed by atoms with Crippen LogP contribution < -0.4 is 0 Å². The summed E-state index contributed by atoms with van der Waals surface area (Å²) in [6, 6.07) is 0. The minimum absolute atomic E-state index is 0.145. The Hall–Kier alpha value is -1.63. The van der Waals surface area contributed by atoms with Crippen molar-refractivity contribution in [3.8, 4) is 0 Å². The zero-order valence-electron chi connectivity index (χ0n) is 13.9. The first-order chi connectivity index (χ1) is 10.7. The largest absolute Gasteiger partial charge is 0.481 e. The molecule has 1 unspecified atom stereocenters. The summed E-state index contributed by atoms with van der Waals surface area (Å²) >= 11 is 0. The van der Waals surface area contributed by atoms with E-state index in [0.29, 0.717) is 12.3 Å². The Morgan fingerprint density at radius 3 is 2.04 bits per heavy atom. The molecule has 0 saturated heterocycles. The zero-order chi connectivity index (χ0) is 17.9. The molecule has 3 N–H and O–H groups in total. The van der Waals surface area contributed by atoms with E-state index in [0.717, 1.165) is 19.3 Å². The summed E-state index contributed by atoms with van der Waals surface area (Å²) in [7, 11) is 0. The highest BCUT2D eigenvalue weighted by atomic mass is 16.5. The summed E-state index contributed by atoms with van der Waals surface area (Å²) in [6.45, 7) is 4.51. The molecule has 0 fully saturated rings. The number of carbonyl (C=O) groups is 3. The fourth-order valence-electron chi connectivity index (χ4n) is 2.12. The molecule has 0 radical (unpaired) electrons. The SMILES string of the molecule is CC(C)CCCCCCCOC(=O)CC(O)(CC(=O)O)C(=O)O. The molecule has 0 aliphatic carbocycles. The Labute approximate surface area is 136 Å². The molecule has 0 spiro atoms. The number of carbonyl (C=O) groups excluding carboxylic acids is 1. The van der Waals surface area contributed by atoms with E-state index in [1.165, 1.54) is 12.8 Å². The van der Waals surface area contributed by atoms with Gasteiger partial charge in [-0.1, -0.05) is 46.0 Å². The van der Waals surface area contributed by atoms with E-state index in [9.17, 15) is 19.5 Å². The number of carboxylic acids is 2. The summed E-state index contributed by atoms with van der Waals surface area (Å²) in [5, 5.41) is 27.1. The highest BCUT2D eigenvalue weighted by molar-refractivity contribution is 5.88. The van der Waals surface area contributed by atoms with Crippen molar-refractivity contribution in [2.75, 3.05) is 6.61 Å². The molecule has 7 heteroatoms. The Morgan fingerprint density at radius 1 is 0.957 bits per heavy atom. The average Bonchev–Trinajstić information content (AvgIpc) is 2.40. The maximum absolute atomic E-state index is 11.5. The second kappa shape index (κ2) is 11.0. The van der Waals surface area contributed by atoms with Crippen molar-refractivity contribution in [3.05, 3.63) is 0 Å². The van der Waals surface area contributed by atoms with Crippen molar-refractivity contribution in [1.29, 1.82) is 0 Å². The lowest BCUT2D eigenvalue weighted by molar-refractivity contribution is -0.172. The lowest BCUT2D eigenvalue weighted by atomic mass is 9.96. The molecule has 0 amide bonds. The van der Waals surface area contributed by atoms with Crippen molar-refractivity contribution in [3.63, 3.8) is 0 Å². The highest BCUT2D eigenvalue weighted by Gasteiger charge is 2.41. The summed E-state index contributed by atoms with van der Waals surface area (Å²) in [4.78, 5) is 33.0. The van der Waals surface area contributed by atoms with E-state index in [1.807, 2.05) is 0 Å². The predicted molar refractivity (Wildman–Crippen MR) is 83.0 cm³/mol. The van der Waals surface area contributed by atoms with E-state index in [4.69, 9.17) is 14.9 Å². The summed E-state index contributed by atoms with van der Waals surface area (Å²) in [5.41, 5.74) is -2.63. The average molecular weight is 332 g/mol. The van der Waals surface area contributed by atoms with E-state index in [-0.39, 0.29) is 6.61 Å². The quantitative estimate of drug-likeness (QED) is 0.349. The van der Waals surface area contributed by atoms with Crippen LogP contribution in [0.15, 0.2) is 0 Å². The number of rotatable bonds is 13. The molecule has 1 atom stereocenters. The van der Waals surface area contributed by atoms with Gasteiger partial charge in [0.1, 0.15) is 0 Å². The standard InChI is InChI=1S/C16H28O7/c1-12(2)8-6-4-3-5-7-9-23-14(19)11-16(22,15(20)21)10-13(17)18/h12,22H,3-11H2,1-2H3,(H,17,18)(H,20,21). The predicted octanol–water partition coefficient (Wildman–Crippen LogP) is 2.21. The van der Waals surface area contributed by atoms with Crippen LogP contribution in [0.5, 0.6) is 0 Å². The first kappa shape index (κ1) is 21.4. The van der Waals surface area contributed by atoms with E-state index in [2.05, 4.69) is 13.8 Å². The molecular weight excluding hydrogens is 304 g/mol. The van der Waals surface area contributed by atoms with Crippen LogP contribution in [0.1, 0.15) is 65.2 Å². The van der Waals surface area contributed by atoms with Gasteiger partial charge in [0.2, 0.25) is 0 Å². The van der Waals surface area contributed by atoms with Gasteiger partial charge in [-0.3, -0.25) is 9.59 Å². The normalized spacial score (nSPS) is 13.6. The number of ether oxygens (including phenoxy) is 1. The fourth-order valence-corrected chi connectivity index (χ4v) is 2.12. The van der Waals surface area contributed by atoms with Crippen LogP contribution in [0.3, 0.4) is 0 Å². The molecule has 0 saturated carbocycles. The van der Waals surface area contributed by atoms with Gasteiger partial charge in [0.15, 0.2) is 5.60 Å². The first-order valence-electron chi connectivity index (χ1n) is 8.00. The molecule has 0 aromatic carbocycles. The van der Waals surface area contributed by atoms with Crippen molar-refractivity contribution >= 4 is 17.9 Å². The van der Waals surface area contributed by atoms with E-state index in [1.54, 1.807) is 0 Å². The molecule has 0 bridgehead atoms.